The summed E-state index contributed by atoms with van der Waals surface area (Å²) in [5.74, 6) is 0.0643. The van der Waals surface area contributed by atoms with E-state index in [1.165, 1.54) is 0 Å². The summed E-state index contributed by atoms with van der Waals surface area (Å²) in [5, 5.41) is 13.5. The molecule has 162 valence electrons. The van der Waals surface area contributed by atoms with E-state index in [-0.39, 0.29) is 17.9 Å². The average Bonchev–Trinajstić information content (AvgIpc) is 3.25. The molecule has 0 fully saturated rings. The lowest BCUT2D eigenvalue weighted by atomic mass is 10.2. The molecule has 0 radical (unpaired) electrons. The van der Waals surface area contributed by atoms with Gasteiger partial charge in [0.2, 0.25) is 11.9 Å². The maximum Gasteiger partial charge on any atom is 0.322 e. The highest BCUT2D eigenvalue weighted by molar-refractivity contribution is 6.34. The van der Waals surface area contributed by atoms with Crippen molar-refractivity contribution in [2.24, 2.45) is 0 Å². The highest BCUT2D eigenvalue weighted by atomic mass is 35.5. The van der Waals surface area contributed by atoms with Crippen molar-refractivity contribution in [3.8, 4) is 11.5 Å². The number of amides is 1. The minimum Gasteiger partial charge on any atom is -0.399 e. The smallest absolute Gasteiger partial charge is 0.322 e. The molecule has 11 nitrogen and oxygen atoms in total. The molecular weight excluding hydrogens is 434 g/mol. The summed E-state index contributed by atoms with van der Waals surface area (Å²) in [4.78, 5) is 31.6. The Morgan fingerprint density at radius 1 is 1.06 bits per heavy atom. The van der Waals surface area contributed by atoms with Crippen molar-refractivity contribution in [1.82, 2.24) is 30.1 Å². The van der Waals surface area contributed by atoms with Crippen LogP contribution in [-0.4, -0.2) is 50.1 Å². The number of anilines is 4. The molecule has 0 atom stereocenters. The van der Waals surface area contributed by atoms with Gasteiger partial charge in [0, 0.05) is 20.3 Å². The minimum absolute atomic E-state index is 0.0612. The summed E-state index contributed by atoms with van der Waals surface area (Å²) in [5.41, 5.74) is 1.84. The van der Waals surface area contributed by atoms with Crippen molar-refractivity contribution >= 4 is 41.1 Å². The van der Waals surface area contributed by atoms with Crippen LogP contribution in [-0.2, 0) is 0 Å². The first kappa shape index (κ1) is 21.1. The predicted molar refractivity (Wildman–Crippen MR) is 119 cm³/mol. The number of carbonyl (C=O) groups excluding carboxylic acids is 1. The third-order valence-corrected chi connectivity index (χ3v) is 4.53. The lowest BCUT2D eigenvalue weighted by molar-refractivity contribution is 0.0991. The van der Waals surface area contributed by atoms with Crippen molar-refractivity contribution in [2.75, 3.05) is 29.6 Å². The van der Waals surface area contributed by atoms with Crippen molar-refractivity contribution in [1.29, 1.82) is 0 Å². The fourth-order valence-electron chi connectivity index (χ4n) is 2.65. The monoisotopic (exact) mass is 451 g/mol. The topological polar surface area (TPSA) is 135 Å². The van der Waals surface area contributed by atoms with Gasteiger partial charge in [0.1, 0.15) is 5.69 Å². The number of aromatic nitrogens is 6. The number of nitrogens with zero attached hydrogens (tertiary/aromatic N) is 7. The molecule has 0 saturated heterocycles. The Balaban J connectivity index is 1.57. The summed E-state index contributed by atoms with van der Waals surface area (Å²) in [6.07, 6.45) is 1.64. The zero-order chi connectivity index (χ0) is 22.7. The van der Waals surface area contributed by atoms with Crippen molar-refractivity contribution in [2.45, 2.75) is 6.92 Å². The first-order valence-corrected chi connectivity index (χ1v) is 9.80. The van der Waals surface area contributed by atoms with E-state index in [0.29, 0.717) is 28.2 Å². The van der Waals surface area contributed by atoms with Gasteiger partial charge < -0.3 is 14.6 Å². The fourth-order valence-corrected chi connectivity index (χ4v) is 2.92. The molecule has 0 saturated carbocycles. The average molecular weight is 452 g/mol. The van der Waals surface area contributed by atoms with Crippen LogP contribution in [0.15, 0.2) is 47.0 Å². The first-order valence-electron chi connectivity index (χ1n) is 9.42. The maximum atomic E-state index is 12.5. The zero-order valence-electron chi connectivity index (χ0n) is 17.4. The Morgan fingerprint density at radius 3 is 2.62 bits per heavy atom. The molecule has 0 aliphatic rings. The largest absolute Gasteiger partial charge is 0.399 e. The molecule has 4 rings (SSSR count). The van der Waals surface area contributed by atoms with E-state index < -0.39 is 5.91 Å². The Morgan fingerprint density at radius 2 is 1.91 bits per heavy atom. The van der Waals surface area contributed by atoms with Gasteiger partial charge in [-0.15, -0.1) is 5.10 Å². The van der Waals surface area contributed by atoms with Gasteiger partial charge in [0.25, 0.3) is 0 Å². The number of hydrogen-bond donors (Lipinski definition) is 2. The molecule has 1 amide bonds. The maximum absolute atomic E-state index is 12.5. The molecule has 4 aromatic rings. The van der Waals surface area contributed by atoms with Gasteiger partial charge in [0.05, 0.1) is 10.7 Å². The van der Waals surface area contributed by atoms with E-state index in [9.17, 15) is 4.79 Å². The standard InChI is InChI=1S/C20H18ClN9O2/c1-11-7-6-8-12(21)14(11)23-16(31)17-28-29-20(32-17)27-18-24-15(13-9-4-5-10-22-13)25-19(26-18)30(2)3/h4-10H,1-3H3,(H,23,31)(H,24,25,26,27,29). The van der Waals surface area contributed by atoms with Gasteiger partial charge in [-0.2, -0.15) is 15.0 Å². The quantitative estimate of drug-likeness (QED) is 0.449. The SMILES string of the molecule is Cc1cccc(Cl)c1NC(=O)c1nnc(Nc2nc(-c3ccccn3)nc(N(C)C)n2)o1. The number of para-hydroxylation sites is 1. The minimum atomic E-state index is -0.597. The molecule has 0 bridgehead atoms. The predicted octanol–water partition coefficient (Wildman–Crippen LogP) is 3.34. The van der Waals surface area contributed by atoms with Gasteiger partial charge in [-0.05, 0) is 30.7 Å². The molecule has 3 aromatic heterocycles. The molecule has 12 heteroatoms. The van der Waals surface area contributed by atoms with Crippen LogP contribution in [0.2, 0.25) is 5.02 Å². The molecule has 0 unspecified atom stereocenters. The molecule has 0 aliphatic heterocycles. The molecular formula is C20H18ClN9O2. The third kappa shape index (κ3) is 4.62. The van der Waals surface area contributed by atoms with Gasteiger partial charge in [-0.3, -0.25) is 15.1 Å². The van der Waals surface area contributed by atoms with Gasteiger partial charge in [0.15, 0.2) is 5.82 Å². The van der Waals surface area contributed by atoms with Gasteiger partial charge >= 0.3 is 17.8 Å². The van der Waals surface area contributed by atoms with Crippen molar-refractivity contribution < 1.29 is 9.21 Å². The van der Waals surface area contributed by atoms with E-state index in [2.05, 4.69) is 40.8 Å². The number of halogens is 1. The van der Waals surface area contributed by atoms with Crippen LogP contribution in [0.5, 0.6) is 0 Å². The Kier molecular flexibility index (Phi) is 5.90. The lowest BCUT2D eigenvalue weighted by Crippen LogP contribution is -2.15. The zero-order valence-corrected chi connectivity index (χ0v) is 18.1. The van der Waals surface area contributed by atoms with Crippen molar-refractivity contribution in [3.05, 3.63) is 59.1 Å². The van der Waals surface area contributed by atoms with Crippen LogP contribution in [0.3, 0.4) is 0 Å². The summed E-state index contributed by atoms with van der Waals surface area (Å²) < 4.78 is 5.43. The normalized spacial score (nSPS) is 10.6. The van der Waals surface area contributed by atoms with E-state index in [1.54, 1.807) is 49.5 Å². The number of aryl methyl sites for hydroxylation is 1. The number of carbonyl (C=O) groups is 1. The van der Waals surface area contributed by atoms with E-state index in [1.807, 2.05) is 19.1 Å². The van der Waals surface area contributed by atoms with Crippen LogP contribution in [0, 0.1) is 6.92 Å². The van der Waals surface area contributed by atoms with E-state index in [0.717, 1.165) is 5.56 Å². The van der Waals surface area contributed by atoms with Crippen LogP contribution in [0.4, 0.5) is 23.6 Å². The number of nitrogens with one attached hydrogen (secondary N) is 2. The highest BCUT2D eigenvalue weighted by Crippen LogP contribution is 2.26. The first-order chi connectivity index (χ1) is 15.4. The fraction of sp³-hybridized carbons (Fsp3) is 0.150. The molecule has 0 aliphatic carbocycles. The third-order valence-electron chi connectivity index (χ3n) is 4.22. The van der Waals surface area contributed by atoms with Gasteiger partial charge in [-0.25, -0.2) is 0 Å². The second-order valence-electron chi connectivity index (χ2n) is 6.82. The lowest BCUT2D eigenvalue weighted by Gasteiger charge is -2.12. The molecule has 32 heavy (non-hydrogen) atoms. The molecule has 2 N–H and O–H groups in total. The number of hydrogen-bond acceptors (Lipinski definition) is 10. The Hall–Kier alpha value is -4.12. The number of pyridine rings is 1. The Bertz CT molecular complexity index is 1240. The Labute approximate surface area is 187 Å². The second kappa shape index (κ2) is 8.94. The number of rotatable bonds is 6. The van der Waals surface area contributed by atoms with Crippen LogP contribution < -0.4 is 15.5 Å². The molecule has 3 heterocycles. The number of benzene rings is 1. The summed E-state index contributed by atoms with van der Waals surface area (Å²) in [7, 11) is 3.60. The van der Waals surface area contributed by atoms with Gasteiger partial charge in [-0.1, -0.05) is 34.9 Å². The summed E-state index contributed by atoms with van der Waals surface area (Å²) >= 11 is 6.15. The summed E-state index contributed by atoms with van der Waals surface area (Å²) in [6, 6.07) is 10.6. The van der Waals surface area contributed by atoms with Crippen LogP contribution in [0.1, 0.15) is 16.2 Å². The van der Waals surface area contributed by atoms with Crippen LogP contribution >= 0.6 is 11.6 Å². The van der Waals surface area contributed by atoms with Crippen molar-refractivity contribution in [3.63, 3.8) is 0 Å². The van der Waals surface area contributed by atoms with E-state index in [4.69, 9.17) is 16.0 Å². The molecule has 0 spiro atoms. The van der Waals surface area contributed by atoms with Crippen LogP contribution in [0.25, 0.3) is 11.5 Å². The summed E-state index contributed by atoms with van der Waals surface area (Å²) in [6.45, 7) is 1.82. The molecule has 1 aromatic carbocycles. The highest BCUT2D eigenvalue weighted by Gasteiger charge is 2.19. The second-order valence-corrected chi connectivity index (χ2v) is 7.22. The van der Waals surface area contributed by atoms with E-state index >= 15 is 0 Å².